The zero-order valence-corrected chi connectivity index (χ0v) is 17.3. The molecule has 8 nitrogen and oxygen atoms in total. The lowest BCUT2D eigenvalue weighted by molar-refractivity contribution is -0.183. The number of rotatable bonds is 4. The number of hydrogen-bond acceptors (Lipinski definition) is 5. The third-order valence-corrected chi connectivity index (χ3v) is 5.83. The number of anilines is 2. The lowest BCUT2D eigenvalue weighted by Crippen LogP contribution is -2.46. The van der Waals surface area contributed by atoms with Crippen LogP contribution in [0.25, 0.3) is 21.8 Å². The quantitative estimate of drug-likeness (QED) is 0.490. The van der Waals surface area contributed by atoms with Gasteiger partial charge in [0, 0.05) is 18.1 Å². The van der Waals surface area contributed by atoms with Crippen molar-refractivity contribution in [1.82, 2.24) is 24.6 Å². The Hall–Kier alpha value is -3.89. The van der Waals surface area contributed by atoms with Crippen LogP contribution in [0.2, 0.25) is 0 Å². The molecule has 2 N–H and O–H groups in total. The molecule has 1 aliphatic heterocycles. The number of aromatic amines is 1. The Bertz CT molecular complexity index is 1410. The Balaban J connectivity index is 1.47. The number of carbonyl (C=O) groups is 1. The molecular formula is C22H19F3N6O2. The van der Waals surface area contributed by atoms with Gasteiger partial charge in [0.05, 0.1) is 29.2 Å². The third-order valence-electron chi connectivity index (χ3n) is 5.83. The van der Waals surface area contributed by atoms with Gasteiger partial charge in [-0.25, -0.2) is 4.98 Å². The minimum atomic E-state index is -4.48. The van der Waals surface area contributed by atoms with E-state index in [1.165, 1.54) is 6.20 Å². The van der Waals surface area contributed by atoms with Gasteiger partial charge in [-0.05, 0) is 36.4 Å². The first-order chi connectivity index (χ1) is 15.8. The number of nitrogens with one attached hydrogen (secondary N) is 2. The Morgan fingerprint density at radius 3 is 2.88 bits per heavy atom. The predicted octanol–water partition coefficient (Wildman–Crippen LogP) is 3.57. The molecule has 1 amide bonds. The van der Waals surface area contributed by atoms with Crippen LogP contribution in [-0.4, -0.2) is 49.3 Å². The number of fused-ring (bicyclic) bond motifs is 2. The summed E-state index contributed by atoms with van der Waals surface area (Å²) in [5, 5.41) is 11.6. The van der Waals surface area contributed by atoms with Gasteiger partial charge in [-0.1, -0.05) is 12.1 Å². The van der Waals surface area contributed by atoms with Crippen LogP contribution in [0, 0.1) is 0 Å². The molecule has 4 aromatic rings. The van der Waals surface area contributed by atoms with Crippen LogP contribution in [0.15, 0.2) is 53.7 Å². The van der Waals surface area contributed by atoms with Crippen molar-refractivity contribution in [3.8, 4) is 0 Å². The fourth-order valence-corrected chi connectivity index (χ4v) is 4.26. The van der Waals surface area contributed by atoms with E-state index in [0.29, 0.717) is 27.8 Å². The summed E-state index contributed by atoms with van der Waals surface area (Å²) in [7, 11) is 0. The Kier molecular flexibility index (Phi) is 5.03. The number of aromatic nitrogens is 4. The van der Waals surface area contributed by atoms with Crippen molar-refractivity contribution in [3.63, 3.8) is 0 Å². The zero-order valence-electron chi connectivity index (χ0n) is 17.3. The molecule has 0 aliphatic carbocycles. The molecule has 1 fully saturated rings. The van der Waals surface area contributed by atoms with Crippen molar-refractivity contribution in [1.29, 1.82) is 0 Å². The molecule has 5 rings (SSSR count). The fraction of sp³-hybridized carbons (Fsp3) is 0.273. The topological polar surface area (TPSA) is 95.9 Å². The smallest absolute Gasteiger partial charge is 0.354 e. The molecule has 33 heavy (non-hydrogen) atoms. The van der Waals surface area contributed by atoms with E-state index in [2.05, 4.69) is 20.5 Å². The summed E-state index contributed by atoms with van der Waals surface area (Å²) in [4.78, 5) is 31.0. The maximum absolute atomic E-state index is 13.3. The Morgan fingerprint density at radius 2 is 2.06 bits per heavy atom. The maximum atomic E-state index is 13.3. The SMILES string of the molecule is O=C(Cn1ccc2cccc(Nc3cnc4[nH]ncc4c3)c2c1=O)N1CCC[C@H]1C(F)(F)F. The van der Waals surface area contributed by atoms with Gasteiger partial charge in [0.2, 0.25) is 5.91 Å². The molecule has 4 heterocycles. The summed E-state index contributed by atoms with van der Waals surface area (Å²) in [6, 6.07) is 6.94. The molecule has 0 saturated carbocycles. The molecule has 0 spiro atoms. The number of hydrogen-bond donors (Lipinski definition) is 2. The number of nitrogens with zero attached hydrogens (tertiary/aromatic N) is 4. The number of benzene rings is 1. The number of pyridine rings is 2. The molecule has 3 aromatic heterocycles. The Labute approximate surface area is 185 Å². The lowest BCUT2D eigenvalue weighted by Gasteiger charge is -2.26. The minimum Gasteiger partial charge on any atom is -0.354 e. The summed E-state index contributed by atoms with van der Waals surface area (Å²) in [6.07, 6.45) is 0.333. The van der Waals surface area contributed by atoms with Gasteiger partial charge in [-0.3, -0.25) is 14.7 Å². The average Bonchev–Trinajstić information content (AvgIpc) is 3.45. The predicted molar refractivity (Wildman–Crippen MR) is 116 cm³/mol. The number of likely N-dealkylation sites (tertiary alicyclic amines) is 1. The highest BCUT2D eigenvalue weighted by Gasteiger charge is 2.47. The fourth-order valence-electron chi connectivity index (χ4n) is 4.26. The van der Waals surface area contributed by atoms with Gasteiger partial charge >= 0.3 is 6.18 Å². The van der Waals surface area contributed by atoms with Gasteiger partial charge < -0.3 is 14.8 Å². The first-order valence-electron chi connectivity index (χ1n) is 10.4. The maximum Gasteiger partial charge on any atom is 0.408 e. The van der Waals surface area contributed by atoms with E-state index >= 15 is 0 Å². The molecule has 1 aromatic carbocycles. The summed E-state index contributed by atoms with van der Waals surface area (Å²) < 4.78 is 40.9. The first-order valence-corrected chi connectivity index (χ1v) is 10.4. The molecule has 0 radical (unpaired) electrons. The highest BCUT2D eigenvalue weighted by Crippen LogP contribution is 2.32. The standard InChI is InChI=1S/C22H19F3N6O2/c23-22(24,25)17-5-2-7-31(17)18(32)12-30-8-6-13-3-1-4-16(19(13)21(30)33)28-15-9-14-10-27-29-20(14)26-11-15/h1,3-4,6,8-11,17,28H,2,5,7,12H2,(H,26,27,29)/t17-/m0/s1. The summed E-state index contributed by atoms with van der Waals surface area (Å²) in [5.41, 5.74) is 1.29. The highest BCUT2D eigenvalue weighted by molar-refractivity contribution is 5.95. The summed E-state index contributed by atoms with van der Waals surface area (Å²) >= 11 is 0. The molecule has 0 unspecified atom stereocenters. The first kappa shape index (κ1) is 21.0. The molecule has 0 bridgehead atoms. The van der Waals surface area contributed by atoms with Gasteiger partial charge in [-0.15, -0.1) is 0 Å². The van der Waals surface area contributed by atoms with Crippen molar-refractivity contribution in [2.24, 2.45) is 0 Å². The molecule has 1 saturated heterocycles. The Morgan fingerprint density at radius 1 is 1.21 bits per heavy atom. The van der Waals surface area contributed by atoms with Crippen molar-refractivity contribution in [2.45, 2.75) is 31.6 Å². The third kappa shape index (κ3) is 3.90. The molecule has 1 atom stereocenters. The number of carbonyl (C=O) groups excluding carboxylic acids is 1. The van der Waals surface area contributed by atoms with Crippen LogP contribution in [-0.2, 0) is 11.3 Å². The van der Waals surface area contributed by atoms with Gasteiger partial charge in [0.1, 0.15) is 12.6 Å². The van der Waals surface area contributed by atoms with Crippen LogP contribution >= 0.6 is 0 Å². The van der Waals surface area contributed by atoms with Crippen molar-refractivity contribution < 1.29 is 18.0 Å². The number of alkyl halides is 3. The number of H-pyrrole nitrogens is 1. The van der Waals surface area contributed by atoms with Crippen LogP contribution < -0.4 is 10.9 Å². The van der Waals surface area contributed by atoms with Crippen molar-refractivity contribution >= 4 is 39.1 Å². The van der Waals surface area contributed by atoms with Gasteiger partial charge in [0.15, 0.2) is 5.65 Å². The van der Waals surface area contributed by atoms with Gasteiger partial charge in [0.25, 0.3) is 5.56 Å². The normalized spacial score (nSPS) is 16.6. The van der Waals surface area contributed by atoms with Crippen molar-refractivity contribution in [2.75, 3.05) is 11.9 Å². The van der Waals surface area contributed by atoms with E-state index < -0.39 is 30.2 Å². The minimum absolute atomic E-state index is 0.0294. The molecule has 11 heteroatoms. The number of halogens is 3. The lowest BCUT2D eigenvalue weighted by atomic mass is 10.1. The van der Waals surface area contributed by atoms with Crippen molar-refractivity contribution in [3.05, 3.63) is 59.3 Å². The second kappa shape index (κ2) is 7.91. The van der Waals surface area contributed by atoms with Crippen LogP contribution in [0.3, 0.4) is 0 Å². The average molecular weight is 456 g/mol. The summed E-state index contributed by atoms with van der Waals surface area (Å²) in [6.45, 7) is -0.431. The van der Waals surface area contributed by atoms with E-state index in [0.717, 1.165) is 14.9 Å². The van der Waals surface area contributed by atoms with Crippen LogP contribution in [0.1, 0.15) is 12.8 Å². The second-order valence-corrected chi connectivity index (χ2v) is 7.96. The largest absolute Gasteiger partial charge is 0.408 e. The van der Waals surface area contributed by atoms with Gasteiger partial charge in [-0.2, -0.15) is 18.3 Å². The van der Waals surface area contributed by atoms with Crippen LogP contribution in [0.5, 0.6) is 0 Å². The van der Waals surface area contributed by atoms with Crippen LogP contribution in [0.4, 0.5) is 24.5 Å². The zero-order chi connectivity index (χ0) is 23.2. The molecule has 1 aliphatic rings. The monoisotopic (exact) mass is 456 g/mol. The molecular weight excluding hydrogens is 437 g/mol. The van der Waals surface area contributed by atoms with E-state index in [1.54, 1.807) is 36.7 Å². The molecule has 170 valence electrons. The van der Waals surface area contributed by atoms with E-state index in [1.807, 2.05) is 6.07 Å². The number of amides is 1. The summed E-state index contributed by atoms with van der Waals surface area (Å²) in [5.74, 6) is -0.726. The highest BCUT2D eigenvalue weighted by atomic mass is 19.4. The second-order valence-electron chi connectivity index (χ2n) is 7.96. The van der Waals surface area contributed by atoms with E-state index in [4.69, 9.17) is 0 Å². The van der Waals surface area contributed by atoms with E-state index in [-0.39, 0.29) is 19.4 Å². The van der Waals surface area contributed by atoms with E-state index in [9.17, 15) is 22.8 Å².